The molecule has 0 aromatic heterocycles. The maximum atomic E-state index is 13.5. The van der Waals surface area contributed by atoms with Gasteiger partial charge in [-0.05, 0) is 30.4 Å². The van der Waals surface area contributed by atoms with Crippen molar-refractivity contribution < 1.29 is 28.5 Å². The number of nitrogens with one attached hydrogen (secondary N) is 1. The van der Waals surface area contributed by atoms with Gasteiger partial charge in [-0.15, -0.1) is 0 Å². The van der Waals surface area contributed by atoms with Gasteiger partial charge in [0.15, 0.2) is 0 Å². The maximum Gasteiger partial charge on any atom is 0.408 e. The van der Waals surface area contributed by atoms with Crippen LogP contribution in [0.25, 0.3) is 0 Å². The Hall–Kier alpha value is -2.63. The Kier molecular flexibility index (Phi) is 10.6. The summed E-state index contributed by atoms with van der Waals surface area (Å²) in [6.07, 6.45) is -0.516. The van der Waals surface area contributed by atoms with E-state index in [2.05, 4.69) is 5.32 Å². The summed E-state index contributed by atoms with van der Waals surface area (Å²) in [6, 6.07) is 18.3. The van der Waals surface area contributed by atoms with Crippen LogP contribution in [0.4, 0.5) is 4.79 Å². The molecule has 180 valence electrons. The standard InChI is InChI=1S/C25H34NO6P/c1-4-31-24(27)22(15-19(2)3)18-33(29,30)23(16-20-11-7-5-8-12-20)26-25(28)32-17-21-13-9-6-10-14-21/h5-14,19,22-23H,4,15-18H2,1-3H3,(H,26,28)(H,29,30)/t22-,23+/m1/s1. The van der Waals surface area contributed by atoms with Crippen LogP contribution in [0.15, 0.2) is 60.7 Å². The van der Waals surface area contributed by atoms with E-state index in [4.69, 9.17) is 9.47 Å². The zero-order valence-corrected chi connectivity index (χ0v) is 20.4. The quantitative estimate of drug-likeness (QED) is 0.332. The second-order valence-electron chi connectivity index (χ2n) is 8.43. The van der Waals surface area contributed by atoms with Crippen LogP contribution in [0.1, 0.15) is 38.3 Å². The molecular weight excluding hydrogens is 441 g/mol. The van der Waals surface area contributed by atoms with Crippen molar-refractivity contribution in [3.63, 3.8) is 0 Å². The highest BCUT2D eigenvalue weighted by molar-refractivity contribution is 7.58. The Morgan fingerprint density at radius 2 is 1.55 bits per heavy atom. The number of carbonyl (C=O) groups excluding carboxylic acids is 2. The number of hydrogen-bond donors (Lipinski definition) is 2. The molecule has 2 rings (SSSR count). The fraction of sp³-hybridized carbons (Fsp3) is 0.440. The minimum Gasteiger partial charge on any atom is -0.466 e. The molecule has 0 fully saturated rings. The van der Waals surface area contributed by atoms with Crippen molar-refractivity contribution in [1.82, 2.24) is 5.32 Å². The zero-order valence-electron chi connectivity index (χ0n) is 19.5. The Morgan fingerprint density at radius 3 is 2.09 bits per heavy atom. The minimum atomic E-state index is -4.02. The molecule has 2 aromatic rings. The molecule has 0 aliphatic rings. The van der Waals surface area contributed by atoms with Crippen molar-refractivity contribution in [2.24, 2.45) is 11.8 Å². The average Bonchev–Trinajstić information content (AvgIpc) is 2.78. The summed E-state index contributed by atoms with van der Waals surface area (Å²) in [7, 11) is -4.02. The summed E-state index contributed by atoms with van der Waals surface area (Å²) in [5.41, 5.74) is 1.59. The first-order chi connectivity index (χ1) is 15.7. The molecule has 0 bridgehead atoms. The predicted octanol–water partition coefficient (Wildman–Crippen LogP) is 4.98. The van der Waals surface area contributed by atoms with Crippen LogP contribution in [0.2, 0.25) is 0 Å². The van der Waals surface area contributed by atoms with E-state index in [9.17, 15) is 19.0 Å². The molecule has 0 heterocycles. The zero-order chi connectivity index (χ0) is 24.3. The van der Waals surface area contributed by atoms with E-state index >= 15 is 0 Å². The molecule has 0 saturated carbocycles. The highest BCUT2D eigenvalue weighted by atomic mass is 31.2. The smallest absolute Gasteiger partial charge is 0.408 e. The van der Waals surface area contributed by atoms with Gasteiger partial charge in [-0.25, -0.2) is 4.79 Å². The van der Waals surface area contributed by atoms with E-state index in [1.807, 2.05) is 74.5 Å². The molecule has 1 amide bonds. The predicted molar refractivity (Wildman–Crippen MR) is 128 cm³/mol. The third kappa shape index (κ3) is 9.40. The summed E-state index contributed by atoms with van der Waals surface area (Å²) in [4.78, 5) is 36.0. The van der Waals surface area contributed by atoms with Crippen molar-refractivity contribution in [3.05, 3.63) is 71.8 Å². The number of benzene rings is 2. The molecule has 2 N–H and O–H groups in total. The molecule has 33 heavy (non-hydrogen) atoms. The average molecular weight is 476 g/mol. The van der Waals surface area contributed by atoms with Crippen molar-refractivity contribution in [3.8, 4) is 0 Å². The van der Waals surface area contributed by atoms with E-state index in [-0.39, 0.29) is 31.7 Å². The molecule has 0 saturated heterocycles. The van der Waals surface area contributed by atoms with Crippen molar-refractivity contribution in [1.29, 1.82) is 0 Å². The molecule has 1 unspecified atom stereocenters. The minimum absolute atomic E-state index is 0.0409. The van der Waals surface area contributed by atoms with Crippen LogP contribution >= 0.6 is 7.37 Å². The summed E-state index contributed by atoms with van der Waals surface area (Å²) in [5, 5.41) is 2.58. The van der Waals surface area contributed by atoms with Crippen LogP contribution in [0, 0.1) is 11.8 Å². The molecule has 3 atom stereocenters. The van der Waals surface area contributed by atoms with E-state index in [1.54, 1.807) is 6.92 Å². The monoisotopic (exact) mass is 475 g/mol. The van der Waals surface area contributed by atoms with Gasteiger partial charge < -0.3 is 19.7 Å². The molecule has 0 spiro atoms. The number of esters is 1. The Morgan fingerprint density at radius 1 is 0.970 bits per heavy atom. The van der Waals surface area contributed by atoms with E-state index in [0.29, 0.717) is 6.42 Å². The highest BCUT2D eigenvalue weighted by Gasteiger charge is 2.38. The van der Waals surface area contributed by atoms with Gasteiger partial charge in [0.2, 0.25) is 7.37 Å². The number of ether oxygens (including phenoxy) is 2. The number of carbonyl (C=O) groups is 2. The fourth-order valence-corrected chi connectivity index (χ4v) is 5.54. The maximum absolute atomic E-state index is 13.5. The molecule has 0 aliphatic heterocycles. The van der Waals surface area contributed by atoms with Gasteiger partial charge >= 0.3 is 12.1 Å². The molecule has 8 heteroatoms. The Bertz CT molecular complexity index is 919. The summed E-state index contributed by atoms with van der Waals surface area (Å²) >= 11 is 0. The number of rotatable bonds is 12. The van der Waals surface area contributed by atoms with Crippen LogP contribution in [0.5, 0.6) is 0 Å². The molecule has 0 radical (unpaired) electrons. The van der Waals surface area contributed by atoms with Gasteiger partial charge in [-0.1, -0.05) is 74.5 Å². The van der Waals surface area contributed by atoms with Crippen LogP contribution in [0.3, 0.4) is 0 Å². The van der Waals surface area contributed by atoms with Crippen LogP contribution in [-0.2, 0) is 31.9 Å². The van der Waals surface area contributed by atoms with Crippen LogP contribution in [-0.4, -0.2) is 35.5 Å². The Balaban J connectivity index is 2.18. The lowest BCUT2D eigenvalue weighted by Gasteiger charge is -2.27. The second-order valence-corrected chi connectivity index (χ2v) is 10.9. The van der Waals surface area contributed by atoms with Crippen LogP contribution < -0.4 is 5.32 Å². The Labute approximate surface area is 196 Å². The van der Waals surface area contributed by atoms with E-state index < -0.39 is 31.1 Å². The summed E-state index contributed by atoms with van der Waals surface area (Å²) in [5.74, 6) is -2.20. The first-order valence-electron chi connectivity index (χ1n) is 11.2. The second kappa shape index (κ2) is 13.2. The lowest BCUT2D eigenvalue weighted by molar-refractivity contribution is -0.147. The molecule has 7 nitrogen and oxygen atoms in total. The topological polar surface area (TPSA) is 102 Å². The van der Waals surface area contributed by atoms with Crippen molar-refractivity contribution >= 4 is 19.4 Å². The highest BCUT2D eigenvalue weighted by Crippen LogP contribution is 2.49. The van der Waals surface area contributed by atoms with Gasteiger partial charge in [0, 0.05) is 12.6 Å². The SMILES string of the molecule is CCOC(=O)[C@H](CC(C)C)CP(=O)(O)[C@@H](Cc1ccccc1)NC(=O)OCc1ccccc1. The lowest BCUT2D eigenvalue weighted by atomic mass is 9.99. The van der Waals surface area contributed by atoms with Crippen molar-refractivity contribution in [2.45, 2.75) is 46.0 Å². The third-order valence-electron chi connectivity index (χ3n) is 5.11. The lowest BCUT2D eigenvalue weighted by Crippen LogP contribution is -2.38. The number of hydrogen-bond acceptors (Lipinski definition) is 5. The summed E-state index contributed by atoms with van der Waals surface area (Å²) in [6.45, 7) is 5.82. The van der Waals surface area contributed by atoms with Gasteiger partial charge in [-0.3, -0.25) is 9.36 Å². The van der Waals surface area contributed by atoms with Gasteiger partial charge in [0.1, 0.15) is 12.4 Å². The van der Waals surface area contributed by atoms with Gasteiger partial charge in [0.05, 0.1) is 12.5 Å². The van der Waals surface area contributed by atoms with E-state index in [0.717, 1.165) is 11.1 Å². The molecule has 0 aliphatic carbocycles. The normalized spacial score (nSPS) is 14.7. The largest absolute Gasteiger partial charge is 0.466 e. The van der Waals surface area contributed by atoms with Gasteiger partial charge in [-0.2, -0.15) is 0 Å². The number of alkyl carbamates (subject to hydrolysis) is 1. The fourth-order valence-electron chi connectivity index (χ4n) is 3.55. The van der Waals surface area contributed by atoms with E-state index in [1.165, 1.54) is 0 Å². The van der Waals surface area contributed by atoms with Crippen molar-refractivity contribution in [2.75, 3.05) is 12.8 Å². The summed E-state index contributed by atoms with van der Waals surface area (Å²) < 4.78 is 23.9. The first-order valence-corrected chi connectivity index (χ1v) is 13.1. The first kappa shape index (κ1) is 26.6. The molecular formula is C25H34NO6P. The third-order valence-corrected chi connectivity index (χ3v) is 7.36. The number of amides is 1. The molecule has 2 aromatic carbocycles. The van der Waals surface area contributed by atoms with Gasteiger partial charge in [0.25, 0.3) is 0 Å².